The summed E-state index contributed by atoms with van der Waals surface area (Å²) in [5.41, 5.74) is 0.580. The fraction of sp³-hybridized carbons (Fsp3) is 0.421. The number of carbonyl (C=O) groups is 2. The minimum atomic E-state index is -0.530. The van der Waals surface area contributed by atoms with Gasteiger partial charge in [-0.25, -0.2) is 4.79 Å². The number of para-hydroxylation sites is 1. The third-order valence-corrected chi connectivity index (χ3v) is 5.26. The summed E-state index contributed by atoms with van der Waals surface area (Å²) < 4.78 is 3.43. The van der Waals surface area contributed by atoms with Crippen molar-refractivity contribution in [1.29, 1.82) is 0 Å². The number of rotatable bonds is 7. The minimum Gasteiger partial charge on any atom is -0.338 e. The van der Waals surface area contributed by atoms with Gasteiger partial charge in [-0.15, -0.1) is 10.2 Å². The van der Waals surface area contributed by atoms with E-state index in [9.17, 15) is 14.4 Å². The van der Waals surface area contributed by atoms with Gasteiger partial charge in [0.25, 0.3) is 5.56 Å². The first-order valence-electron chi connectivity index (χ1n) is 9.49. The van der Waals surface area contributed by atoms with Gasteiger partial charge in [0.15, 0.2) is 5.16 Å². The van der Waals surface area contributed by atoms with Crippen LogP contribution in [0.15, 0.2) is 34.2 Å². The van der Waals surface area contributed by atoms with Crippen molar-refractivity contribution >= 4 is 40.4 Å². The van der Waals surface area contributed by atoms with Crippen LogP contribution < -0.4 is 16.2 Å². The molecule has 154 valence electrons. The summed E-state index contributed by atoms with van der Waals surface area (Å²) in [7, 11) is 0. The number of benzene rings is 1. The summed E-state index contributed by atoms with van der Waals surface area (Å²) in [6, 6.07) is 6.74. The van der Waals surface area contributed by atoms with Gasteiger partial charge in [-0.1, -0.05) is 37.7 Å². The topological polar surface area (TPSA) is 110 Å². The third kappa shape index (κ3) is 4.58. The van der Waals surface area contributed by atoms with E-state index in [1.807, 2.05) is 18.2 Å². The van der Waals surface area contributed by atoms with Crippen molar-refractivity contribution in [2.45, 2.75) is 38.9 Å². The van der Waals surface area contributed by atoms with Gasteiger partial charge in [-0.05, 0) is 31.4 Å². The SMILES string of the molecule is CCNC(=O)NC(=O)CSc1nnc2n(CCC(C)C)c(=O)c3ccccc3n12. The van der Waals surface area contributed by atoms with Crippen molar-refractivity contribution in [3.63, 3.8) is 0 Å². The summed E-state index contributed by atoms with van der Waals surface area (Å²) in [4.78, 5) is 36.5. The molecule has 1 aromatic carbocycles. The number of hydrogen-bond acceptors (Lipinski definition) is 6. The Morgan fingerprint density at radius 3 is 2.69 bits per heavy atom. The van der Waals surface area contributed by atoms with Gasteiger partial charge < -0.3 is 5.32 Å². The molecule has 0 aliphatic rings. The molecule has 0 fully saturated rings. The van der Waals surface area contributed by atoms with Crippen LogP contribution in [0.4, 0.5) is 4.79 Å². The van der Waals surface area contributed by atoms with Crippen LogP contribution in [0, 0.1) is 5.92 Å². The molecule has 0 saturated carbocycles. The predicted molar refractivity (Wildman–Crippen MR) is 112 cm³/mol. The predicted octanol–water partition coefficient (Wildman–Crippen LogP) is 2.03. The summed E-state index contributed by atoms with van der Waals surface area (Å²) in [6.07, 6.45) is 0.832. The van der Waals surface area contributed by atoms with Crippen LogP contribution in [0.1, 0.15) is 27.2 Å². The molecule has 3 amide bonds. The molecule has 2 aromatic heterocycles. The highest BCUT2D eigenvalue weighted by molar-refractivity contribution is 7.99. The lowest BCUT2D eigenvalue weighted by atomic mass is 10.1. The lowest BCUT2D eigenvalue weighted by Crippen LogP contribution is -2.40. The van der Waals surface area contributed by atoms with E-state index in [2.05, 4.69) is 34.7 Å². The fourth-order valence-corrected chi connectivity index (χ4v) is 3.65. The molecule has 3 aromatic rings. The standard InChI is InChI=1S/C19H24N6O3S/c1-4-20-17(28)21-15(26)11-29-19-23-22-18-24(10-9-12(2)3)16(27)13-7-5-6-8-14(13)25(18)19/h5-8,12H,4,9-11H2,1-3H3,(H2,20,21,26,28). The molecule has 2 heterocycles. The fourth-order valence-electron chi connectivity index (χ4n) is 2.91. The quantitative estimate of drug-likeness (QED) is 0.570. The Kier molecular flexibility index (Phi) is 6.53. The lowest BCUT2D eigenvalue weighted by molar-refractivity contribution is -0.117. The molecule has 3 rings (SSSR count). The first-order chi connectivity index (χ1) is 13.9. The van der Waals surface area contributed by atoms with E-state index in [1.165, 1.54) is 0 Å². The van der Waals surface area contributed by atoms with E-state index in [1.54, 1.807) is 22.0 Å². The smallest absolute Gasteiger partial charge is 0.321 e. The van der Waals surface area contributed by atoms with Crippen LogP contribution in [0.5, 0.6) is 0 Å². The molecule has 9 nitrogen and oxygen atoms in total. The number of fused-ring (bicyclic) bond motifs is 3. The Labute approximate surface area is 171 Å². The van der Waals surface area contributed by atoms with Crippen molar-refractivity contribution in [3.05, 3.63) is 34.6 Å². The number of carbonyl (C=O) groups excluding carboxylic acids is 2. The second-order valence-electron chi connectivity index (χ2n) is 6.97. The maximum atomic E-state index is 13.0. The van der Waals surface area contributed by atoms with E-state index in [-0.39, 0.29) is 11.3 Å². The molecule has 0 saturated heterocycles. The highest BCUT2D eigenvalue weighted by Crippen LogP contribution is 2.21. The number of amides is 3. The Bertz CT molecular complexity index is 1100. The lowest BCUT2D eigenvalue weighted by Gasteiger charge is -2.12. The maximum Gasteiger partial charge on any atom is 0.321 e. The summed E-state index contributed by atoms with van der Waals surface area (Å²) in [5.74, 6) is 0.441. The zero-order valence-electron chi connectivity index (χ0n) is 16.6. The van der Waals surface area contributed by atoms with Gasteiger partial charge in [0.05, 0.1) is 16.7 Å². The first kappa shape index (κ1) is 20.8. The monoisotopic (exact) mass is 416 g/mol. The van der Waals surface area contributed by atoms with E-state index < -0.39 is 11.9 Å². The summed E-state index contributed by atoms with van der Waals surface area (Å²) in [5, 5.41) is 14.2. The summed E-state index contributed by atoms with van der Waals surface area (Å²) >= 11 is 1.16. The van der Waals surface area contributed by atoms with Crippen LogP contribution in [0.3, 0.4) is 0 Å². The average molecular weight is 417 g/mol. The van der Waals surface area contributed by atoms with Gasteiger partial charge in [0, 0.05) is 13.1 Å². The molecule has 0 atom stereocenters. The van der Waals surface area contributed by atoms with Crippen LogP contribution in [-0.4, -0.2) is 43.4 Å². The Balaban J connectivity index is 1.96. The zero-order chi connectivity index (χ0) is 21.0. The van der Waals surface area contributed by atoms with Gasteiger partial charge in [-0.2, -0.15) is 0 Å². The van der Waals surface area contributed by atoms with E-state index in [0.717, 1.165) is 18.2 Å². The molecule has 29 heavy (non-hydrogen) atoms. The zero-order valence-corrected chi connectivity index (χ0v) is 17.5. The van der Waals surface area contributed by atoms with Crippen molar-refractivity contribution in [2.75, 3.05) is 12.3 Å². The molecule has 0 aliphatic carbocycles. The van der Waals surface area contributed by atoms with Crippen LogP contribution in [0.2, 0.25) is 0 Å². The Hall–Kier alpha value is -2.88. The molecule has 0 aliphatic heterocycles. The molecule has 0 bridgehead atoms. The van der Waals surface area contributed by atoms with E-state index >= 15 is 0 Å². The van der Waals surface area contributed by atoms with Crippen molar-refractivity contribution < 1.29 is 9.59 Å². The minimum absolute atomic E-state index is 0.00260. The Morgan fingerprint density at radius 2 is 1.97 bits per heavy atom. The van der Waals surface area contributed by atoms with Crippen LogP contribution in [-0.2, 0) is 11.3 Å². The number of nitrogens with zero attached hydrogens (tertiary/aromatic N) is 4. The van der Waals surface area contributed by atoms with Gasteiger partial charge in [-0.3, -0.25) is 23.9 Å². The number of aryl methyl sites for hydroxylation is 1. The number of urea groups is 1. The average Bonchev–Trinajstić information content (AvgIpc) is 3.10. The molecule has 0 spiro atoms. The number of nitrogens with one attached hydrogen (secondary N) is 2. The third-order valence-electron chi connectivity index (χ3n) is 4.33. The number of thioether (sulfide) groups is 1. The Morgan fingerprint density at radius 1 is 1.21 bits per heavy atom. The van der Waals surface area contributed by atoms with Crippen molar-refractivity contribution in [3.8, 4) is 0 Å². The van der Waals surface area contributed by atoms with E-state index in [0.29, 0.717) is 40.8 Å². The molecule has 0 unspecified atom stereocenters. The van der Waals surface area contributed by atoms with Crippen molar-refractivity contribution in [1.82, 2.24) is 29.8 Å². The highest BCUT2D eigenvalue weighted by Gasteiger charge is 2.18. The molecular weight excluding hydrogens is 392 g/mol. The molecule has 2 N–H and O–H groups in total. The highest BCUT2D eigenvalue weighted by atomic mass is 32.2. The number of aromatic nitrogens is 4. The maximum absolute atomic E-state index is 13.0. The summed E-state index contributed by atoms with van der Waals surface area (Å²) in [6.45, 7) is 6.93. The normalized spacial score (nSPS) is 11.3. The number of hydrogen-bond donors (Lipinski definition) is 2. The molecular formula is C19H24N6O3S. The van der Waals surface area contributed by atoms with Crippen LogP contribution in [0.25, 0.3) is 16.7 Å². The second kappa shape index (κ2) is 9.08. The number of imide groups is 1. The second-order valence-corrected chi connectivity index (χ2v) is 7.91. The largest absolute Gasteiger partial charge is 0.338 e. The van der Waals surface area contributed by atoms with Crippen LogP contribution >= 0.6 is 11.8 Å². The first-order valence-corrected chi connectivity index (χ1v) is 10.5. The van der Waals surface area contributed by atoms with Gasteiger partial charge >= 0.3 is 6.03 Å². The molecule has 10 heteroatoms. The van der Waals surface area contributed by atoms with Gasteiger partial charge in [0.1, 0.15) is 0 Å². The van der Waals surface area contributed by atoms with E-state index in [4.69, 9.17) is 0 Å². The van der Waals surface area contributed by atoms with Crippen molar-refractivity contribution in [2.24, 2.45) is 5.92 Å². The molecule has 0 radical (unpaired) electrons. The van der Waals surface area contributed by atoms with Gasteiger partial charge in [0.2, 0.25) is 11.7 Å².